The summed E-state index contributed by atoms with van der Waals surface area (Å²) in [4.78, 5) is 21.9. The number of hydrogen-bond acceptors (Lipinski definition) is 4. The second-order valence-corrected chi connectivity index (χ2v) is 5.52. The molecule has 2 heterocycles. The topological polar surface area (TPSA) is 52.2 Å². The van der Waals surface area contributed by atoms with Crippen molar-refractivity contribution in [2.45, 2.75) is 25.9 Å². The van der Waals surface area contributed by atoms with Crippen molar-refractivity contribution in [3.63, 3.8) is 0 Å². The quantitative estimate of drug-likeness (QED) is 0.921. The van der Waals surface area contributed by atoms with Gasteiger partial charge < -0.3 is 9.88 Å². The predicted molar refractivity (Wildman–Crippen MR) is 73.7 cm³/mol. The number of halogens is 3. The van der Waals surface area contributed by atoms with Crippen molar-refractivity contribution in [2.75, 3.05) is 37.6 Å². The average Bonchev–Trinajstić information content (AvgIpc) is 2.37. The van der Waals surface area contributed by atoms with Crippen LogP contribution in [0.1, 0.15) is 25.6 Å². The zero-order valence-electron chi connectivity index (χ0n) is 12.1. The number of nitrogens with one attached hydrogen (secondary N) is 1. The zero-order valence-corrected chi connectivity index (χ0v) is 12.1. The second-order valence-electron chi connectivity index (χ2n) is 5.52. The summed E-state index contributed by atoms with van der Waals surface area (Å²) in [6.45, 7) is 4.44. The third-order valence-electron chi connectivity index (χ3n) is 3.39. The summed E-state index contributed by atoms with van der Waals surface area (Å²) in [5.74, 6) is 1.22. The normalized spacial score (nSPS) is 17.5. The number of anilines is 1. The van der Waals surface area contributed by atoms with E-state index in [0.717, 1.165) is 0 Å². The Morgan fingerprint density at radius 3 is 2.43 bits per heavy atom. The van der Waals surface area contributed by atoms with Gasteiger partial charge in [0.15, 0.2) is 0 Å². The molecule has 0 atom stereocenters. The number of rotatable bonds is 3. The molecule has 0 spiro atoms. The van der Waals surface area contributed by atoms with E-state index in [1.807, 2.05) is 18.7 Å². The summed E-state index contributed by atoms with van der Waals surface area (Å²) in [5, 5.41) is 0. The third kappa shape index (κ3) is 4.45. The lowest BCUT2D eigenvalue weighted by atomic mass is 10.2. The Morgan fingerprint density at radius 1 is 1.29 bits per heavy atom. The van der Waals surface area contributed by atoms with Crippen molar-refractivity contribution in [2.24, 2.45) is 0 Å². The summed E-state index contributed by atoms with van der Waals surface area (Å²) in [6, 6.07) is 1.39. The molecule has 1 saturated heterocycles. The summed E-state index contributed by atoms with van der Waals surface area (Å²) in [6.07, 6.45) is -4.17. The SMILES string of the molecule is CC(C)c1nc(N2CCN(CC(F)(F)F)CC2)cc(=O)[nH]1. The lowest BCUT2D eigenvalue weighted by Crippen LogP contribution is -2.49. The Kier molecular flexibility index (Phi) is 4.55. The molecule has 2 rings (SSSR count). The molecule has 8 heteroatoms. The molecule has 118 valence electrons. The first-order valence-corrected chi connectivity index (χ1v) is 6.90. The van der Waals surface area contributed by atoms with Gasteiger partial charge in [-0.3, -0.25) is 9.69 Å². The smallest absolute Gasteiger partial charge is 0.354 e. The minimum atomic E-state index is -4.17. The number of aromatic nitrogens is 2. The highest BCUT2D eigenvalue weighted by atomic mass is 19.4. The van der Waals surface area contributed by atoms with Gasteiger partial charge in [-0.25, -0.2) is 4.98 Å². The van der Waals surface area contributed by atoms with Crippen LogP contribution in [0.5, 0.6) is 0 Å². The van der Waals surface area contributed by atoms with E-state index in [1.54, 1.807) is 0 Å². The molecule has 1 aromatic rings. The lowest BCUT2D eigenvalue weighted by Gasteiger charge is -2.35. The van der Waals surface area contributed by atoms with Gasteiger partial charge in [0.05, 0.1) is 6.54 Å². The van der Waals surface area contributed by atoms with E-state index in [2.05, 4.69) is 9.97 Å². The highest BCUT2D eigenvalue weighted by Crippen LogP contribution is 2.19. The van der Waals surface area contributed by atoms with Crippen LogP contribution >= 0.6 is 0 Å². The van der Waals surface area contributed by atoms with Gasteiger partial charge in [-0.15, -0.1) is 0 Å². The largest absolute Gasteiger partial charge is 0.401 e. The molecule has 21 heavy (non-hydrogen) atoms. The molecule has 1 aliphatic heterocycles. The van der Waals surface area contributed by atoms with Crippen LogP contribution < -0.4 is 10.5 Å². The van der Waals surface area contributed by atoms with Gasteiger partial charge in [-0.2, -0.15) is 13.2 Å². The number of piperazine rings is 1. The fourth-order valence-corrected chi connectivity index (χ4v) is 2.29. The van der Waals surface area contributed by atoms with Crippen LogP contribution in [-0.4, -0.2) is 53.8 Å². The fraction of sp³-hybridized carbons (Fsp3) is 0.692. The van der Waals surface area contributed by atoms with Crippen molar-refractivity contribution < 1.29 is 13.2 Å². The summed E-state index contributed by atoms with van der Waals surface area (Å²) in [7, 11) is 0. The van der Waals surface area contributed by atoms with Crippen molar-refractivity contribution >= 4 is 5.82 Å². The molecule has 0 aromatic carbocycles. The molecule has 0 amide bonds. The number of hydrogen-bond donors (Lipinski definition) is 1. The van der Waals surface area contributed by atoms with Crippen LogP contribution in [0.3, 0.4) is 0 Å². The minimum Gasteiger partial charge on any atom is -0.354 e. The lowest BCUT2D eigenvalue weighted by molar-refractivity contribution is -0.146. The van der Waals surface area contributed by atoms with Crippen LogP contribution in [0.4, 0.5) is 19.0 Å². The molecule has 0 bridgehead atoms. The maximum atomic E-state index is 12.3. The van der Waals surface area contributed by atoms with Crippen LogP contribution in [0.2, 0.25) is 0 Å². The number of H-pyrrole nitrogens is 1. The molecular weight excluding hydrogens is 285 g/mol. The Bertz CT molecular complexity index is 533. The Morgan fingerprint density at radius 2 is 1.90 bits per heavy atom. The van der Waals surface area contributed by atoms with Crippen LogP contribution in [0.15, 0.2) is 10.9 Å². The first-order chi connectivity index (χ1) is 9.74. The maximum Gasteiger partial charge on any atom is 0.401 e. The van der Waals surface area contributed by atoms with E-state index in [0.29, 0.717) is 37.8 Å². The average molecular weight is 304 g/mol. The number of aromatic amines is 1. The molecule has 1 N–H and O–H groups in total. The van der Waals surface area contributed by atoms with Gasteiger partial charge in [0.2, 0.25) is 0 Å². The van der Waals surface area contributed by atoms with E-state index < -0.39 is 12.7 Å². The first-order valence-electron chi connectivity index (χ1n) is 6.90. The van der Waals surface area contributed by atoms with E-state index in [1.165, 1.54) is 11.0 Å². The highest BCUT2D eigenvalue weighted by Gasteiger charge is 2.32. The van der Waals surface area contributed by atoms with Crippen molar-refractivity contribution in [1.82, 2.24) is 14.9 Å². The Balaban J connectivity index is 2.04. The van der Waals surface area contributed by atoms with Crippen molar-refractivity contribution in [3.8, 4) is 0 Å². The second kappa shape index (κ2) is 6.05. The van der Waals surface area contributed by atoms with Crippen molar-refractivity contribution in [3.05, 3.63) is 22.2 Å². The fourth-order valence-electron chi connectivity index (χ4n) is 2.29. The molecule has 5 nitrogen and oxygen atoms in total. The summed E-state index contributed by atoms with van der Waals surface area (Å²) < 4.78 is 37.0. The summed E-state index contributed by atoms with van der Waals surface area (Å²) in [5.41, 5.74) is -0.235. The molecule has 0 radical (unpaired) electrons. The van der Waals surface area contributed by atoms with Gasteiger partial charge in [0.25, 0.3) is 5.56 Å². The molecule has 1 fully saturated rings. The van der Waals surface area contributed by atoms with Crippen LogP contribution in [0.25, 0.3) is 0 Å². The highest BCUT2D eigenvalue weighted by molar-refractivity contribution is 5.38. The van der Waals surface area contributed by atoms with Gasteiger partial charge in [0, 0.05) is 38.2 Å². The first kappa shape index (κ1) is 15.8. The molecule has 1 aliphatic rings. The number of alkyl halides is 3. The zero-order chi connectivity index (χ0) is 15.6. The van der Waals surface area contributed by atoms with E-state index >= 15 is 0 Å². The van der Waals surface area contributed by atoms with Crippen LogP contribution in [0, 0.1) is 0 Å². The van der Waals surface area contributed by atoms with E-state index in [9.17, 15) is 18.0 Å². The molecule has 0 saturated carbocycles. The van der Waals surface area contributed by atoms with E-state index in [-0.39, 0.29) is 11.5 Å². The Labute approximate surface area is 120 Å². The van der Waals surface area contributed by atoms with Gasteiger partial charge >= 0.3 is 6.18 Å². The number of nitrogens with zero attached hydrogens (tertiary/aromatic N) is 3. The summed E-state index contributed by atoms with van der Waals surface area (Å²) >= 11 is 0. The molecule has 0 aliphatic carbocycles. The molecule has 0 unspecified atom stereocenters. The van der Waals surface area contributed by atoms with Gasteiger partial charge in [-0.1, -0.05) is 13.8 Å². The van der Waals surface area contributed by atoms with E-state index in [4.69, 9.17) is 0 Å². The molecule has 1 aromatic heterocycles. The standard InChI is InChI=1S/C13H19F3N4O/c1-9(2)12-17-10(7-11(21)18-12)20-5-3-19(4-6-20)8-13(14,15)16/h7,9H,3-6,8H2,1-2H3,(H,17,18,21). The van der Waals surface area contributed by atoms with Gasteiger partial charge in [0.1, 0.15) is 11.6 Å². The van der Waals surface area contributed by atoms with Gasteiger partial charge in [-0.05, 0) is 0 Å². The predicted octanol–water partition coefficient (Wildman–Crippen LogP) is 1.58. The molecular formula is C13H19F3N4O. The minimum absolute atomic E-state index is 0.0872. The Hall–Kier alpha value is -1.57. The van der Waals surface area contributed by atoms with Crippen LogP contribution in [-0.2, 0) is 0 Å². The third-order valence-corrected chi connectivity index (χ3v) is 3.39. The maximum absolute atomic E-state index is 12.3. The van der Waals surface area contributed by atoms with Crippen molar-refractivity contribution in [1.29, 1.82) is 0 Å². The monoisotopic (exact) mass is 304 g/mol.